The fourth-order valence-corrected chi connectivity index (χ4v) is 2.82. The number of nitrogens with zero attached hydrogens (tertiary/aromatic N) is 1. The molecule has 116 valence electrons. The minimum absolute atomic E-state index is 0.160. The minimum atomic E-state index is -0.355. The Morgan fingerprint density at radius 1 is 1.36 bits per heavy atom. The van der Waals surface area contributed by atoms with Crippen molar-refractivity contribution in [1.29, 1.82) is 0 Å². The van der Waals surface area contributed by atoms with E-state index in [-0.39, 0.29) is 30.1 Å². The summed E-state index contributed by atoms with van der Waals surface area (Å²) in [5.41, 5.74) is 0.734. The molecule has 7 heteroatoms. The molecule has 0 bridgehead atoms. The van der Waals surface area contributed by atoms with E-state index in [1.165, 1.54) is 6.92 Å². The van der Waals surface area contributed by atoms with Crippen molar-refractivity contribution in [1.82, 2.24) is 10.2 Å². The average Bonchev–Trinajstić information content (AvgIpc) is 2.75. The number of hydrogen-bond acceptors (Lipinski definition) is 5. The molecule has 0 saturated carbocycles. The first-order valence-corrected chi connectivity index (χ1v) is 7.47. The largest absolute Gasteiger partial charge is 0.496 e. The number of amides is 3. The summed E-state index contributed by atoms with van der Waals surface area (Å²) >= 11 is 0.885. The number of ether oxygens (including phenoxy) is 1. The molecule has 0 aliphatic carbocycles. The Morgan fingerprint density at radius 3 is 2.77 bits per heavy atom. The molecule has 1 aromatic rings. The van der Waals surface area contributed by atoms with Gasteiger partial charge in [0.25, 0.3) is 11.1 Å². The van der Waals surface area contributed by atoms with Gasteiger partial charge in [0.1, 0.15) is 5.75 Å². The molecule has 1 saturated heterocycles. The number of nitrogens with one attached hydrogen (secondary N) is 1. The zero-order chi connectivity index (χ0) is 16.1. The summed E-state index contributed by atoms with van der Waals surface area (Å²) in [5.74, 6) is 0.0790. The maximum atomic E-state index is 12.3. The van der Waals surface area contributed by atoms with Crippen molar-refractivity contribution in [3.05, 3.63) is 34.7 Å². The fourth-order valence-electron chi connectivity index (χ4n) is 1.96. The van der Waals surface area contributed by atoms with Gasteiger partial charge in [0.2, 0.25) is 5.91 Å². The van der Waals surface area contributed by atoms with Gasteiger partial charge in [-0.1, -0.05) is 18.2 Å². The smallest absolute Gasteiger partial charge is 0.293 e. The number of para-hydroxylation sites is 1. The summed E-state index contributed by atoms with van der Waals surface area (Å²) in [4.78, 5) is 36.5. The van der Waals surface area contributed by atoms with Crippen LogP contribution in [0.15, 0.2) is 29.2 Å². The van der Waals surface area contributed by atoms with Gasteiger partial charge >= 0.3 is 0 Å². The molecular weight excluding hydrogens is 304 g/mol. The van der Waals surface area contributed by atoms with Crippen molar-refractivity contribution >= 4 is 34.9 Å². The number of rotatable bonds is 5. The highest BCUT2D eigenvalue weighted by Crippen LogP contribution is 2.33. The van der Waals surface area contributed by atoms with Crippen molar-refractivity contribution in [2.24, 2.45) is 0 Å². The SMILES string of the molecule is COc1ccccc1C=C1SC(=O)N(CCNC(C)=O)C1=O. The molecule has 1 aromatic carbocycles. The Labute approximate surface area is 132 Å². The van der Waals surface area contributed by atoms with Crippen LogP contribution in [0.2, 0.25) is 0 Å². The number of hydrogen-bond donors (Lipinski definition) is 1. The van der Waals surface area contributed by atoms with E-state index in [2.05, 4.69) is 5.32 Å². The highest BCUT2D eigenvalue weighted by atomic mass is 32.2. The van der Waals surface area contributed by atoms with Crippen molar-refractivity contribution < 1.29 is 19.1 Å². The minimum Gasteiger partial charge on any atom is -0.496 e. The first-order chi connectivity index (χ1) is 10.5. The number of methoxy groups -OCH3 is 1. The van der Waals surface area contributed by atoms with E-state index in [1.54, 1.807) is 19.3 Å². The average molecular weight is 320 g/mol. The van der Waals surface area contributed by atoms with Crippen LogP contribution in [0.25, 0.3) is 6.08 Å². The normalized spacial score (nSPS) is 16.3. The number of carbonyl (C=O) groups is 3. The summed E-state index contributed by atoms with van der Waals surface area (Å²) in [6.07, 6.45) is 1.64. The van der Waals surface area contributed by atoms with Crippen molar-refractivity contribution in [2.75, 3.05) is 20.2 Å². The molecule has 6 nitrogen and oxygen atoms in total. The number of benzene rings is 1. The molecule has 0 unspecified atom stereocenters. The van der Waals surface area contributed by atoms with Crippen LogP contribution in [0.1, 0.15) is 12.5 Å². The first kappa shape index (κ1) is 16.1. The van der Waals surface area contributed by atoms with Gasteiger partial charge in [0.05, 0.1) is 12.0 Å². The Hall–Kier alpha value is -2.28. The van der Waals surface area contributed by atoms with Crippen LogP contribution in [-0.2, 0) is 9.59 Å². The summed E-state index contributed by atoms with van der Waals surface area (Å²) in [6, 6.07) is 7.25. The van der Waals surface area contributed by atoms with Gasteiger partial charge in [-0.25, -0.2) is 0 Å². The molecule has 1 fully saturated rings. The Balaban J connectivity index is 2.13. The van der Waals surface area contributed by atoms with Crippen LogP contribution in [0.3, 0.4) is 0 Å². The lowest BCUT2D eigenvalue weighted by Gasteiger charge is -2.12. The molecule has 3 amide bonds. The topological polar surface area (TPSA) is 75.7 Å². The predicted molar refractivity (Wildman–Crippen MR) is 84.4 cm³/mol. The van der Waals surface area contributed by atoms with Gasteiger partial charge in [0.15, 0.2) is 0 Å². The van der Waals surface area contributed by atoms with Crippen LogP contribution in [0, 0.1) is 0 Å². The lowest BCUT2D eigenvalue weighted by atomic mass is 10.2. The van der Waals surface area contributed by atoms with Crippen molar-refractivity contribution in [2.45, 2.75) is 6.92 Å². The molecule has 0 spiro atoms. The molecule has 1 heterocycles. The molecule has 0 radical (unpaired) electrons. The predicted octanol–water partition coefficient (Wildman–Crippen LogP) is 1.87. The molecule has 2 rings (SSSR count). The van der Waals surface area contributed by atoms with E-state index in [1.807, 2.05) is 18.2 Å². The first-order valence-electron chi connectivity index (χ1n) is 6.65. The maximum Gasteiger partial charge on any atom is 0.293 e. The van der Waals surface area contributed by atoms with E-state index in [0.29, 0.717) is 10.7 Å². The highest BCUT2D eigenvalue weighted by Gasteiger charge is 2.34. The molecule has 1 N–H and O–H groups in total. The van der Waals surface area contributed by atoms with Gasteiger partial charge in [-0.2, -0.15) is 0 Å². The van der Waals surface area contributed by atoms with Crippen LogP contribution in [0.5, 0.6) is 5.75 Å². The van der Waals surface area contributed by atoms with Crippen molar-refractivity contribution in [3.63, 3.8) is 0 Å². The van der Waals surface area contributed by atoms with E-state index >= 15 is 0 Å². The number of carbonyl (C=O) groups excluding carboxylic acids is 3. The van der Waals surface area contributed by atoms with E-state index < -0.39 is 0 Å². The number of thioether (sulfide) groups is 1. The van der Waals surface area contributed by atoms with Gasteiger partial charge in [0, 0.05) is 25.6 Å². The Morgan fingerprint density at radius 2 is 2.09 bits per heavy atom. The molecule has 22 heavy (non-hydrogen) atoms. The van der Waals surface area contributed by atoms with Gasteiger partial charge in [-0.3, -0.25) is 19.3 Å². The zero-order valence-corrected chi connectivity index (χ0v) is 13.1. The van der Waals surface area contributed by atoms with Crippen LogP contribution in [-0.4, -0.2) is 42.2 Å². The van der Waals surface area contributed by atoms with Gasteiger partial charge in [-0.05, 0) is 23.9 Å². The van der Waals surface area contributed by atoms with Gasteiger partial charge < -0.3 is 10.1 Å². The summed E-state index contributed by atoms with van der Waals surface area (Å²) in [6.45, 7) is 1.79. The van der Waals surface area contributed by atoms with Crippen LogP contribution in [0.4, 0.5) is 4.79 Å². The molecule has 1 aliphatic rings. The zero-order valence-electron chi connectivity index (χ0n) is 12.3. The highest BCUT2D eigenvalue weighted by molar-refractivity contribution is 8.18. The van der Waals surface area contributed by atoms with Crippen LogP contribution < -0.4 is 10.1 Å². The van der Waals surface area contributed by atoms with E-state index in [0.717, 1.165) is 22.2 Å². The fraction of sp³-hybridized carbons (Fsp3) is 0.267. The second-order valence-electron chi connectivity index (χ2n) is 4.56. The quantitative estimate of drug-likeness (QED) is 0.838. The lowest BCUT2D eigenvalue weighted by molar-refractivity contribution is -0.123. The molecule has 1 aliphatic heterocycles. The van der Waals surface area contributed by atoms with E-state index in [4.69, 9.17) is 4.74 Å². The summed E-state index contributed by atoms with van der Waals surface area (Å²) in [5, 5.41) is 2.23. The second-order valence-corrected chi connectivity index (χ2v) is 5.55. The second kappa shape index (κ2) is 7.13. The number of imide groups is 1. The maximum absolute atomic E-state index is 12.3. The third-order valence-electron chi connectivity index (χ3n) is 3.01. The molecular formula is C15H16N2O4S. The monoisotopic (exact) mass is 320 g/mol. The third-order valence-corrected chi connectivity index (χ3v) is 3.92. The van der Waals surface area contributed by atoms with Crippen LogP contribution >= 0.6 is 11.8 Å². The summed E-state index contributed by atoms with van der Waals surface area (Å²) < 4.78 is 5.22. The summed E-state index contributed by atoms with van der Waals surface area (Å²) in [7, 11) is 1.55. The standard InChI is InChI=1S/C15H16N2O4S/c1-10(18)16-7-8-17-14(19)13(22-15(17)20)9-11-5-3-4-6-12(11)21-2/h3-6,9H,7-8H2,1-2H3,(H,16,18). The van der Waals surface area contributed by atoms with Gasteiger partial charge in [-0.15, -0.1) is 0 Å². The van der Waals surface area contributed by atoms with E-state index in [9.17, 15) is 14.4 Å². The Bertz CT molecular complexity index is 642. The Kier molecular flexibility index (Phi) is 5.21. The third kappa shape index (κ3) is 3.67. The van der Waals surface area contributed by atoms with Crippen molar-refractivity contribution in [3.8, 4) is 5.75 Å². The lowest BCUT2D eigenvalue weighted by Crippen LogP contribution is -2.36. The molecule has 0 atom stereocenters. The molecule has 0 aromatic heterocycles.